The first-order chi connectivity index (χ1) is 7.70. The van der Waals surface area contributed by atoms with Crippen LogP contribution in [0.5, 0.6) is 0 Å². The summed E-state index contributed by atoms with van der Waals surface area (Å²) in [5, 5.41) is 3.04. The molecule has 0 unspecified atom stereocenters. The highest BCUT2D eigenvalue weighted by Gasteiger charge is 2.06. The largest absolute Gasteiger partial charge is 0.465 e. The van der Waals surface area contributed by atoms with Crippen LogP contribution in [0.2, 0.25) is 0 Å². The van der Waals surface area contributed by atoms with E-state index < -0.39 is 0 Å². The van der Waals surface area contributed by atoms with Crippen molar-refractivity contribution in [3.8, 4) is 11.3 Å². The monoisotopic (exact) mass is 233 g/mol. The molecular formula is C12H11NO2S. The van der Waals surface area contributed by atoms with E-state index in [1.54, 1.807) is 23.5 Å². The van der Waals surface area contributed by atoms with Crippen LogP contribution in [0.4, 0.5) is 0 Å². The van der Waals surface area contributed by atoms with Crippen molar-refractivity contribution in [1.82, 2.24) is 4.98 Å². The number of thiazole rings is 1. The van der Waals surface area contributed by atoms with Gasteiger partial charge in [0.05, 0.1) is 23.4 Å². The second-order valence-corrected chi connectivity index (χ2v) is 4.38. The first kappa shape index (κ1) is 10.8. The number of aromatic nitrogens is 1. The molecular weight excluding hydrogens is 222 g/mol. The van der Waals surface area contributed by atoms with Crippen molar-refractivity contribution in [2.45, 2.75) is 6.92 Å². The molecule has 0 N–H and O–H groups in total. The molecule has 2 rings (SSSR count). The van der Waals surface area contributed by atoms with E-state index in [1.807, 2.05) is 24.4 Å². The summed E-state index contributed by atoms with van der Waals surface area (Å²) in [6.45, 7) is 1.97. The summed E-state index contributed by atoms with van der Waals surface area (Å²) >= 11 is 1.61. The molecule has 0 atom stereocenters. The number of hydrogen-bond donors (Lipinski definition) is 0. The lowest BCUT2D eigenvalue weighted by Crippen LogP contribution is -2.00. The molecule has 0 aliphatic rings. The summed E-state index contributed by atoms with van der Waals surface area (Å²) in [4.78, 5) is 15.6. The number of rotatable bonds is 2. The highest BCUT2D eigenvalue weighted by molar-refractivity contribution is 7.09. The van der Waals surface area contributed by atoms with Crippen LogP contribution >= 0.6 is 11.3 Å². The van der Waals surface area contributed by atoms with Gasteiger partial charge in [-0.2, -0.15) is 0 Å². The summed E-state index contributed by atoms with van der Waals surface area (Å²) in [6.07, 6.45) is 0. The number of benzene rings is 1. The van der Waals surface area contributed by atoms with Crippen molar-refractivity contribution in [2.75, 3.05) is 7.11 Å². The zero-order valence-corrected chi connectivity index (χ0v) is 9.88. The van der Waals surface area contributed by atoms with Crippen LogP contribution in [-0.4, -0.2) is 18.1 Å². The van der Waals surface area contributed by atoms with Crippen molar-refractivity contribution in [3.63, 3.8) is 0 Å². The van der Waals surface area contributed by atoms with Crippen LogP contribution in [0, 0.1) is 6.92 Å². The van der Waals surface area contributed by atoms with E-state index in [0.29, 0.717) is 5.56 Å². The van der Waals surface area contributed by atoms with Crippen LogP contribution in [0.15, 0.2) is 29.6 Å². The smallest absolute Gasteiger partial charge is 0.337 e. The molecule has 0 amide bonds. The Balaban J connectivity index is 2.29. The van der Waals surface area contributed by atoms with Crippen LogP contribution in [-0.2, 0) is 4.74 Å². The van der Waals surface area contributed by atoms with Gasteiger partial charge in [0.15, 0.2) is 0 Å². The van der Waals surface area contributed by atoms with Gasteiger partial charge >= 0.3 is 5.97 Å². The van der Waals surface area contributed by atoms with Gasteiger partial charge in [0.1, 0.15) is 0 Å². The molecule has 1 heterocycles. The number of methoxy groups -OCH3 is 1. The fraction of sp³-hybridized carbons (Fsp3) is 0.167. The Labute approximate surface area is 97.7 Å². The molecule has 0 saturated carbocycles. The van der Waals surface area contributed by atoms with Crippen molar-refractivity contribution in [1.29, 1.82) is 0 Å². The minimum Gasteiger partial charge on any atom is -0.465 e. The van der Waals surface area contributed by atoms with Crippen molar-refractivity contribution < 1.29 is 9.53 Å². The second kappa shape index (κ2) is 4.45. The van der Waals surface area contributed by atoms with E-state index in [0.717, 1.165) is 16.3 Å². The molecule has 2 aromatic rings. The predicted molar refractivity (Wildman–Crippen MR) is 63.6 cm³/mol. The summed E-state index contributed by atoms with van der Waals surface area (Å²) in [5.74, 6) is -0.319. The highest BCUT2D eigenvalue weighted by atomic mass is 32.1. The predicted octanol–water partition coefficient (Wildman–Crippen LogP) is 2.91. The summed E-state index contributed by atoms with van der Waals surface area (Å²) < 4.78 is 4.63. The van der Waals surface area contributed by atoms with Gasteiger partial charge in [-0.05, 0) is 19.1 Å². The van der Waals surface area contributed by atoms with Gasteiger partial charge in [0.2, 0.25) is 0 Å². The standard InChI is InChI=1S/C12H11NO2S/c1-8-13-11(7-16-8)9-3-5-10(6-4-9)12(14)15-2/h3-7H,1-2H3. The van der Waals surface area contributed by atoms with Crippen molar-refractivity contribution >= 4 is 17.3 Å². The van der Waals surface area contributed by atoms with Gasteiger partial charge in [0.25, 0.3) is 0 Å². The second-order valence-electron chi connectivity index (χ2n) is 3.32. The molecule has 0 fully saturated rings. The van der Waals surface area contributed by atoms with E-state index in [4.69, 9.17) is 0 Å². The number of hydrogen-bond acceptors (Lipinski definition) is 4. The first-order valence-electron chi connectivity index (χ1n) is 4.81. The average molecular weight is 233 g/mol. The molecule has 4 heteroatoms. The topological polar surface area (TPSA) is 39.2 Å². The number of esters is 1. The molecule has 0 spiro atoms. The lowest BCUT2D eigenvalue weighted by atomic mass is 10.1. The quantitative estimate of drug-likeness (QED) is 0.749. The van der Waals surface area contributed by atoms with Gasteiger partial charge in [-0.15, -0.1) is 11.3 Å². The molecule has 82 valence electrons. The number of ether oxygens (including phenoxy) is 1. The minimum atomic E-state index is -0.319. The third kappa shape index (κ3) is 2.12. The van der Waals surface area contributed by atoms with Gasteiger partial charge in [-0.1, -0.05) is 12.1 Å². The van der Waals surface area contributed by atoms with E-state index in [2.05, 4.69) is 9.72 Å². The zero-order chi connectivity index (χ0) is 11.5. The maximum atomic E-state index is 11.2. The molecule has 0 aliphatic heterocycles. The Morgan fingerprint density at radius 3 is 2.50 bits per heavy atom. The lowest BCUT2D eigenvalue weighted by molar-refractivity contribution is 0.0601. The molecule has 16 heavy (non-hydrogen) atoms. The van der Waals surface area contributed by atoms with Gasteiger partial charge in [-0.3, -0.25) is 0 Å². The Morgan fingerprint density at radius 1 is 1.31 bits per heavy atom. The van der Waals surface area contributed by atoms with E-state index in [1.165, 1.54) is 7.11 Å². The minimum absolute atomic E-state index is 0.319. The molecule has 0 bridgehead atoms. The molecule has 0 saturated heterocycles. The van der Waals surface area contributed by atoms with Gasteiger partial charge in [0, 0.05) is 10.9 Å². The van der Waals surface area contributed by atoms with Crippen molar-refractivity contribution in [2.24, 2.45) is 0 Å². The van der Waals surface area contributed by atoms with Crippen LogP contribution in [0.1, 0.15) is 15.4 Å². The summed E-state index contributed by atoms with van der Waals surface area (Å²) in [7, 11) is 1.38. The lowest BCUT2D eigenvalue weighted by Gasteiger charge is -2.00. The maximum Gasteiger partial charge on any atom is 0.337 e. The van der Waals surface area contributed by atoms with Crippen LogP contribution < -0.4 is 0 Å². The fourth-order valence-corrected chi connectivity index (χ4v) is 2.01. The van der Waals surface area contributed by atoms with Crippen LogP contribution in [0.25, 0.3) is 11.3 Å². The van der Waals surface area contributed by atoms with E-state index in [9.17, 15) is 4.79 Å². The number of nitrogens with zero attached hydrogens (tertiary/aromatic N) is 1. The van der Waals surface area contributed by atoms with Gasteiger partial charge in [-0.25, -0.2) is 9.78 Å². The third-order valence-electron chi connectivity index (χ3n) is 2.22. The van der Waals surface area contributed by atoms with E-state index in [-0.39, 0.29) is 5.97 Å². The molecule has 3 nitrogen and oxygen atoms in total. The Hall–Kier alpha value is -1.68. The number of aryl methyl sites for hydroxylation is 1. The Morgan fingerprint density at radius 2 is 2.00 bits per heavy atom. The van der Waals surface area contributed by atoms with E-state index >= 15 is 0 Å². The normalized spacial score (nSPS) is 10.1. The molecule has 0 aliphatic carbocycles. The molecule has 1 aromatic carbocycles. The Bertz CT molecular complexity index is 502. The summed E-state index contributed by atoms with van der Waals surface area (Å²) in [5.41, 5.74) is 2.51. The highest BCUT2D eigenvalue weighted by Crippen LogP contribution is 2.21. The first-order valence-corrected chi connectivity index (χ1v) is 5.69. The average Bonchev–Trinajstić information content (AvgIpc) is 2.75. The molecule has 1 aromatic heterocycles. The van der Waals surface area contributed by atoms with Crippen LogP contribution in [0.3, 0.4) is 0 Å². The Kier molecular flexibility index (Phi) is 3.01. The third-order valence-corrected chi connectivity index (χ3v) is 2.99. The van der Waals surface area contributed by atoms with Gasteiger partial charge < -0.3 is 4.74 Å². The number of carbonyl (C=O) groups is 1. The SMILES string of the molecule is COC(=O)c1ccc(-c2csc(C)n2)cc1. The fourth-order valence-electron chi connectivity index (χ4n) is 1.39. The molecule has 0 radical (unpaired) electrons. The summed E-state index contributed by atoms with van der Waals surface area (Å²) in [6, 6.07) is 7.24. The van der Waals surface area contributed by atoms with Crippen molar-refractivity contribution in [3.05, 3.63) is 40.2 Å². The zero-order valence-electron chi connectivity index (χ0n) is 9.06. The maximum absolute atomic E-state index is 11.2. The number of carbonyl (C=O) groups excluding carboxylic acids is 1.